The number of carbonyl (C=O) groups excluding carboxylic acids is 1. The molecule has 0 unspecified atom stereocenters. The normalized spacial score (nSPS) is 34.0. The minimum Gasteiger partial charge on any atom is -0.481 e. The fourth-order valence-corrected chi connectivity index (χ4v) is 5.89. The molecule has 0 spiro atoms. The van der Waals surface area contributed by atoms with Crippen LogP contribution in [0.3, 0.4) is 0 Å². The first-order chi connectivity index (χ1) is 12.4. The number of esters is 1. The lowest BCUT2D eigenvalue weighted by atomic mass is 9.48. The quantitative estimate of drug-likeness (QED) is 0.529. The zero-order valence-electron chi connectivity index (χ0n) is 17.7. The first-order valence-electron chi connectivity index (χ1n) is 10.2. The number of carboxylic acid groups (broad SMARTS) is 1. The molecule has 2 rings (SSSR count). The van der Waals surface area contributed by atoms with Crippen molar-refractivity contribution in [3.63, 3.8) is 0 Å². The summed E-state index contributed by atoms with van der Waals surface area (Å²) in [4.78, 5) is 22.7. The third-order valence-electron chi connectivity index (χ3n) is 7.01. The molecule has 0 aliphatic heterocycles. The minimum absolute atomic E-state index is 0.0473. The Morgan fingerprint density at radius 1 is 1.26 bits per heavy atom. The minimum atomic E-state index is -0.797. The van der Waals surface area contributed by atoms with Crippen molar-refractivity contribution in [1.82, 2.24) is 0 Å². The zero-order valence-corrected chi connectivity index (χ0v) is 17.7. The summed E-state index contributed by atoms with van der Waals surface area (Å²) >= 11 is 0. The van der Waals surface area contributed by atoms with Crippen LogP contribution in [0.15, 0.2) is 11.1 Å². The van der Waals surface area contributed by atoms with Gasteiger partial charge in [0.1, 0.15) is 12.2 Å². The van der Waals surface area contributed by atoms with E-state index in [-0.39, 0.29) is 35.1 Å². The summed E-state index contributed by atoms with van der Waals surface area (Å²) in [6.45, 7) is 12.0. The smallest absolute Gasteiger partial charge is 0.303 e. The average molecular weight is 381 g/mol. The lowest BCUT2D eigenvalue weighted by molar-refractivity contribution is -0.173. The molecule has 1 saturated carbocycles. The van der Waals surface area contributed by atoms with E-state index in [0.29, 0.717) is 0 Å². The summed E-state index contributed by atoms with van der Waals surface area (Å²) in [7, 11) is 0. The van der Waals surface area contributed by atoms with Gasteiger partial charge in [-0.3, -0.25) is 9.59 Å². The van der Waals surface area contributed by atoms with Crippen LogP contribution >= 0.6 is 0 Å². The van der Waals surface area contributed by atoms with Gasteiger partial charge in [-0.05, 0) is 54.9 Å². The van der Waals surface area contributed by atoms with Crippen LogP contribution in [-0.2, 0) is 14.3 Å². The van der Waals surface area contributed by atoms with E-state index in [2.05, 4.69) is 20.8 Å². The van der Waals surface area contributed by atoms with Gasteiger partial charge in [-0.1, -0.05) is 39.7 Å². The van der Waals surface area contributed by atoms with Gasteiger partial charge in [-0.15, -0.1) is 0 Å². The first-order valence-corrected chi connectivity index (χ1v) is 10.2. The molecule has 154 valence electrons. The highest BCUT2D eigenvalue weighted by molar-refractivity contribution is 5.67. The van der Waals surface area contributed by atoms with Crippen LogP contribution in [0.25, 0.3) is 0 Å². The molecule has 2 aliphatic carbocycles. The third kappa shape index (κ3) is 4.39. The van der Waals surface area contributed by atoms with E-state index in [0.717, 1.165) is 37.7 Å². The molecule has 0 aromatic carbocycles. The summed E-state index contributed by atoms with van der Waals surface area (Å²) < 4.78 is 5.67. The molecule has 0 heterocycles. The SMILES string of the molecule is CC(=O)O[C@@H]1[C@H](O)C(C)=C(CC[C@H](C)CC(=O)O)[C@]2(C)CCCC(C)(C)[C@H]12. The highest BCUT2D eigenvalue weighted by Crippen LogP contribution is 2.61. The van der Waals surface area contributed by atoms with Gasteiger partial charge in [-0.2, -0.15) is 0 Å². The van der Waals surface area contributed by atoms with Gasteiger partial charge < -0.3 is 14.9 Å². The predicted molar refractivity (Wildman–Crippen MR) is 104 cm³/mol. The van der Waals surface area contributed by atoms with Crippen molar-refractivity contribution >= 4 is 11.9 Å². The standard InChI is InChI=1S/C22H36O5/c1-13(12-17(24)25)8-9-16-14(2)18(26)19(27-15(3)23)20-21(4,5)10-7-11-22(16,20)6/h13,18-20,26H,7-12H2,1-6H3,(H,24,25)/t13-,18+,19+,20-,22-/m0/s1. The topological polar surface area (TPSA) is 83.8 Å². The Balaban J connectivity index is 2.41. The van der Waals surface area contributed by atoms with Crippen LogP contribution in [0.4, 0.5) is 0 Å². The van der Waals surface area contributed by atoms with Crippen molar-refractivity contribution < 1.29 is 24.5 Å². The summed E-state index contributed by atoms with van der Waals surface area (Å²) in [5.74, 6) is -0.986. The van der Waals surface area contributed by atoms with Crippen LogP contribution in [-0.4, -0.2) is 34.4 Å². The molecule has 5 heteroatoms. The maximum absolute atomic E-state index is 11.7. The van der Waals surface area contributed by atoms with Crippen LogP contribution in [0, 0.1) is 22.7 Å². The molecule has 1 fully saturated rings. The van der Waals surface area contributed by atoms with Gasteiger partial charge in [0.25, 0.3) is 0 Å². The summed E-state index contributed by atoms with van der Waals surface area (Å²) in [6, 6.07) is 0. The second kappa shape index (κ2) is 7.94. The highest BCUT2D eigenvalue weighted by atomic mass is 16.6. The van der Waals surface area contributed by atoms with E-state index >= 15 is 0 Å². The van der Waals surface area contributed by atoms with Gasteiger partial charge in [0.2, 0.25) is 0 Å². The first kappa shape index (κ1) is 21.9. The zero-order chi connectivity index (χ0) is 20.6. The molecule has 0 amide bonds. The Kier molecular flexibility index (Phi) is 6.45. The number of aliphatic carboxylic acids is 1. The lowest BCUT2D eigenvalue weighted by Gasteiger charge is -2.58. The van der Waals surface area contributed by atoms with Crippen LogP contribution in [0.5, 0.6) is 0 Å². The number of carboxylic acids is 1. The maximum atomic E-state index is 11.7. The van der Waals surface area contributed by atoms with Gasteiger partial charge in [0.05, 0.1) is 0 Å². The van der Waals surface area contributed by atoms with Crippen molar-refractivity contribution in [2.75, 3.05) is 0 Å². The monoisotopic (exact) mass is 380 g/mol. The molecule has 0 aromatic heterocycles. The number of hydrogen-bond acceptors (Lipinski definition) is 4. The van der Waals surface area contributed by atoms with Gasteiger partial charge >= 0.3 is 11.9 Å². The fraction of sp³-hybridized carbons (Fsp3) is 0.818. The molecule has 2 aliphatic rings. The number of aliphatic hydroxyl groups is 1. The van der Waals surface area contributed by atoms with Gasteiger partial charge in [0.15, 0.2) is 0 Å². The largest absolute Gasteiger partial charge is 0.481 e. The fourth-order valence-electron chi connectivity index (χ4n) is 5.89. The van der Waals surface area contributed by atoms with E-state index in [4.69, 9.17) is 9.84 Å². The predicted octanol–water partition coefficient (Wildman–Crippen LogP) is 4.33. The van der Waals surface area contributed by atoms with E-state index in [1.807, 2.05) is 13.8 Å². The van der Waals surface area contributed by atoms with E-state index in [9.17, 15) is 14.7 Å². The summed E-state index contributed by atoms with van der Waals surface area (Å²) in [5.41, 5.74) is 1.95. The molecule has 2 N–H and O–H groups in total. The summed E-state index contributed by atoms with van der Waals surface area (Å²) in [6.07, 6.45) is 3.56. The Bertz CT molecular complexity index is 620. The highest BCUT2D eigenvalue weighted by Gasteiger charge is 2.57. The number of carbonyl (C=O) groups is 2. The van der Waals surface area contributed by atoms with E-state index < -0.39 is 18.2 Å². The second-order valence-corrected chi connectivity index (χ2v) is 9.66. The number of hydrogen-bond donors (Lipinski definition) is 2. The van der Waals surface area contributed by atoms with Crippen molar-refractivity contribution in [2.45, 2.75) is 92.3 Å². The number of ether oxygens (including phenoxy) is 1. The molecule has 0 bridgehead atoms. The van der Waals surface area contributed by atoms with Crippen LogP contribution in [0.1, 0.15) is 80.1 Å². The van der Waals surface area contributed by atoms with Gasteiger partial charge in [0, 0.05) is 19.3 Å². The number of aliphatic hydroxyl groups excluding tert-OH is 1. The molecular weight excluding hydrogens is 344 g/mol. The number of rotatable bonds is 6. The van der Waals surface area contributed by atoms with Crippen molar-refractivity contribution in [3.8, 4) is 0 Å². The molecule has 0 saturated heterocycles. The molecule has 0 radical (unpaired) electrons. The lowest BCUT2D eigenvalue weighted by Crippen LogP contribution is -2.57. The second-order valence-electron chi connectivity index (χ2n) is 9.66. The van der Waals surface area contributed by atoms with Crippen molar-refractivity contribution in [2.24, 2.45) is 22.7 Å². The van der Waals surface area contributed by atoms with Crippen LogP contribution in [0.2, 0.25) is 0 Å². The Morgan fingerprint density at radius 2 is 1.89 bits per heavy atom. The average Bonchev–Trinajstić information content (AvgIpc) is 2.49. The van der Waals surface area contributed by atoms with Crippen LogP contribution < -0.4 is 0 Å². The summed E-state index contributed by atoms with van der Waals surface area (Å²) in [5, 5.41) is 20.1. The van der Waals surface area contributed by atoms with Crippen molar-refractivity contribution in [3.05, 3.63) is 11.1 Å². The molecular formula is C22H36O5. The van der Waals surface area contributed by atoms with E-state index in [1.165, 1.54) is 12.5 Å². The van der Waals surface area contributed by atoms with Gasteiger partial charge in [-0.25, -0.2) is 0 Å². The molecule has 27 heavy (non-hydrogen) atoms. The number of fused-ring (bicyclic) bond motifs is 1. The Hall–Kier alpha value is -1.36. The Labute approximate surface area is 163 Å². The van der Waals surface area contributed by atoms with E-state index in [1.54, 1.807) is 0 Å². The maximum Gasteiger partial charge on any atom is 0.303 e. The molecule has 5 nitrogen and oxygen atoms in total. The molecule has 0 aromatic rings. The molecule has 5 atom stereocenters. The third-order valence-corrected chi connectivity index (χ3v) is 7.01. The Morgan fingerprint density at radius 3 is 2.44 bits per heavy atom. The van der Waals surface area contributed by atoms with Crippen molar-refractivity contribution in [1.29, 1.82) is 0 Å². The number of allylic oxidation sites excluding steroid dienone is 1.